The molecule has 0 aromatic carbocycles. The van der Waals surface area contributed by atoms with Crippen LogP contribution in [-0.4, -0.2) is 22.2 Å². The molecule has 0 heterocycles. The normalized spacial score (nSPS) is 9.38. The standard InChI is InChI=1S/C16H32O2.C3H4O2.Zn/c1-2-3-4-5-6-7-8-9-10-11-12-13-14-15-16(17)18;1-2-3(4)5;/h2-15H2,1H3,(H,17,18);2H,1H2,(H,4,5);. The van der Waals surface area contributed by atoms with Gasteiger partial charge in [-0.05, 0) is 6.42 Å². The van der Waals surface area contributed by atoms with Crippen LogP contribution in [0.3, 0.4) is 0 Å². The molecule has 0 spiro atoms. The second-order valence-electron chi connectivity index (χ2n) is 5.93. The van der Waals surface area contributed by atoms with Gasteiger partial charge in [0.1, 0.15) is 0 Å². The Balaban J connectivity index is -0.000000639. The van der Waals surface area contributed by atoms with Gasteiger partial charge in [-0.2, -0.15) is 0 Å². The molecule has 0 saturated carbocycles. The number of rotatable bonds is 15. The average Bonchev–Trinajstić information content (AvgIpc) is 2.52. The van der Waals surface area contributed by atoms with E-state index in [9.17, 15) is 9.59 Å². The van der Waals surface area contributed by atoms with Crippen LogP contribution < -0.4 is 0 Å². The molecule has 0 saturated heterocycles. The first kappa shape index (κ1) is 28.1. The monoisotopic (exact) mass is 392 g/mol. The molecule has 0 fully saturated rings. The fourth-order valence-corrected chi connectivity index (χ4v) is 2.29. The van der Waals surface area contributed by atoms with Crippen molar-refractivity contribution in [3.05, 3.63) is 12.7 Å². The maximum absolute atomic E-state index is 10.3. The number of hydrogen-bond acceptors (Lipinski definition) is 2. The Kier molecular flexibility index (Phi) is 28.8. The van der Waals surface area contributed by atoms with Crippen LogP contribution in [0.4, 0.5) is 0 Å². The van der Waals surface area contributed by atoms with Crippen molar-refractivity contribution in [1.29, 1.82) is 0 Å². The summed E-state index contributed by atoms with van der Waals surface area (Å²) in [5.74, 6) is -1.64. The second-order valence-corrected chi connectivity index (χ2v) is 5.93. The van der Waals surface area contributed by atoms with Crippen molar-refractivity contribution >= 4 is 11.9 Å². The Hall–Kier alpha value is -0.697. The smallest absolute Gasteiger partial charge is 0.327 e. The molecule has 0 aliphatic heterocycles. The van der Waals surface area contributed by atoms with E-state index in [1.54, 1.807) is 0 Å². The molecular formula is C19H36O4Zn. The molecule has 0 unspecified atom stereocenters. The van der Waals surface area contributed by atoms with Crippen LogP contribution in [0.1, 0.15) is 96.8 Å². The van der Waals surface area contributed by atoms with Gasteiger partial charge in [-0.3, -0.25) is 4.79 Å². The van der Waals surface area contributed by atoms with Crippen molar-refractivity contribution in [3.63, 3.8) is 0 Å². The molecule has 5 heteroatoms. The maximum Gasteiger partial charge on any atom is 0.327 e. The summed E-state index contributed by atoms with van der Waals surface area (Å²) in [6.07, 6.45) is 18.1. The molecule has 0 aromatic rings. The third-order valence-corrected chi connectivity index (χ3v) is 3.67. The van der Waals surface area contributed by atoms with E-state index in [1.807, 2.05) is 0 Å². The topological polar surface area (TPSA) is 74.6 Å². The Labute approximate surface area is 160 Å². The number of carbonyl (C=O) groups is 2. The van der Waals surface area contributed by atoms with Gasteiger partial charge in [0.2, 0.25) is 0 Å². The van der Waals surface area contributed by atoms with Crippen LogP contribution >= 0.6 is 0 Å². The number of hydrogen-bond donors (Lipinski definition) is 2. The van der Waals surface area contributed by atoms with Gasteiger partial charge in [0.05, 0.1) is 0 Å². The second kappa shape index (κ2) is 24.6. The summed E-state index contributed by atoms with van der Waals surface area (Å²) in [6.45, 7) is 5.22. The van der Waals surface area contributed by atoms with Gasteiger partial charge in [-0.25, -0.2) is 4.79 Å². The van der Waals surface area contributed by atoms with E-state index in [2.05, 4.69) is 13.5 Å². The van der Waals surface area contributed by atoms with Crippen LogP contribution in [0.2, 0.25) is 0 Å². The number of aliphatic carboxylic acids is 2. The van der Waals surface area contributed by atoms with Crippen LogP contribution in [0.5, 0.6) is 0 Å². The molecule has 138 valence electrons. The summed E-state index contributed by atoms with van der Waals surface area (Å²) in [5.41, 5.74) is 0. The minimum atomic E-state index is -0.981. The molecular weight excluding hydrogens is 358 g/mol. The fraction of sp³-hybridized carbons (Fsp3) is 0.789. The molecule has 0 rings (SSSR count). The fourth-order valence-electron chi connectivity index (χ4n) is 2.29. The van der Waals surface area contributed by atoms with Crippen molar-refractivity contribution in [2.75, 3.05) is 0 Å². The van der Waals surface area contributed by atoms with Crippen LogP contribution in [0.15, 0.2) is 12.7 Å². The molecule has 0 aliphatic carbocycles. The number of carboxylic acid groups (broad SMARTS) is 2. The summed E-state index contributed by atoms with van der Waals surface area (Å²) >= 11 is 0. The van der Waals surface area contributed by atoms with Crippen molar-refractivity contribution < 1.29 is 39.3 Å². The van der Waals surface area contributed by atoms with Crippen LogP contribution in [0, 0.1) is 0 Å². The Morgan fingerprint density at radius 2 is 1.04 bits per heavy atom. The van der Waals surface area contributed by atoms with Gasteiger partial charge in [0, 0.05) is 32.0 Å². The third-order valence-electron chi connectivity index (χ3n) is 3.67. The van der Waals surface area contributed by atoms with Gasteiger partial charge >= 0.3 is 11.9 Å². The van der Waals surface area contributed by atoms with E-state index in [4.69, 9.17) is 10.2 Å². The molecule has 0 aliphatic rings. The van der Waals surface area contributed by atoms with Gasteiger partial charge < -0.3 is 10.2 Å². The SMILES string of the molecule is C=CC(=O)O.CCCCCCCCCCCCCCCC(=O)O.[Zn]. The summed E-state index contributed by atoms with van der Waals surface area (Å²) in [4.78, 5) is 19.6. The minimum absolute atomic E-state index is 0. The molecule has 0 radical (unpaired) electrons. The molecule has 0 bridgehead atoms. The number of unbranched alkanes of at least 4 members (excludes halogenated alkanes) is 12. The first-order chi connectivity index (χ1) is 11.0. The van der Waals surface area contributed by atoms with Crippen molar-refractivity contribution in [2.24, 2.45) is 0 Å². The third kappa shape index (κ3) is 33.0. The molecule has 0 atom stereocenters. The van der Waals surface area contributed by atoms with Gasteiger partial charge in [0.25, 0.3) is 0 Å². The predicted octanol–water partition coefficient (Wildman–Crippen LogP) is 5.81. The van der Waals surface area contributed by atoms with Crippen molar-refractivity contribution in [3.8, 4) is 0 Å². The summed E-state index contributed by atoms with van der Waals surface area (Å²) in [5, 5.41) is 16.1. The van der Waals surface area contributed by atoms with E-state index >= 15 is 0 Å². The van der Waals surface area contributed by atoms with Gasteiger partial charge in [-0.1, -0.05) is 90.6 Å². The predicted molar refractivity (Wildman–Crippen MR) is 95.8 cm³/mol. The average molecular weight is 394 g/mol. The molecule has 0 aromatic heterocycles. The van der Waals surface area contributed by atoms with E-state index in [1.165, 1.54) is 70.6 Å². The zero-order valence-electron chi connectivity index (χ0n) is 15.6. The quantitative estimate of drug-likeness (QED) is 0.209. The van der Waals surface area contributed by atoms with Crippen LogP contribution in [0.25, 0.3) is 0 Å². The Bertz CT molecular complexity index is 293. The molecule has 0 amide bonds. The zero-order valence-corrected chi connectivity index (χ0v) is 18.6. The van der Waals surface area contributed by atoms with Gasteiger partial charge in [-0.15, -0.1) is 0 Å². The molecule has 2 N–H and O–H groups in total. The van der Waals surface area contributed by atoms with Crippen LogP contribution in [-0.2, 0) is 29.1 Å². The first-order valence-corrected chi connectivity index (χ1v) is 9.11. The van der Waals surface area contributed by atoms with E-state index in [0.29, 0.717) is 6.42 Å². The van der Waals surface area contributed by atoms with Gasteiger partial charge in [0.15, 0.2) is 0 Å². The Morgan fingerprint density at radius 1 is 0.750 bits per heavy atom. The van der Waals surface area contributed by atoms with E-state index < -0.39 is 11.9 Å². The first-order valence-electron chi connectivity index (χ1n) is 9.11. The zero-order chi connectivity index (χ0) is 17.8. The summed E-state index contributed by atoms with van der Waals surface area (Å²) in [6, 6.07) is 0. The van der Waals surface area contributed by atoms with E-state index in [0.717, 1.165) is 18.9 Å². The van der Waals surface area contributed by atoms with Crippen molar-refractivity contribution in [1.82, 2.24) is 0 Å². The molecule has 4 nitrogen and oxygen atoms in total. The number of carboxylic acids is 2. The minimum Gasteiger partial charge on any atom is -0.481 e. The van der Waals surface area contributed by atoms with Crippen molar-refractivity contribution in [2.45, 2.75) is 96.8 Å². The summed E-state index contributed by atoms with van der Waals surface area (Å²) in [7, 11) is 0. The Morgan fingerprint density at radius 3 is 1.29 bits per heavy atom. The maximum atomic E-state index is 10.3. The largest absolute Gasteiger partial charge is 0.481 e. The van der Waals surface area contributed by atoms with E-state index in [-0.39, 0.29) is 19.5 Å². The summed E-state index contributed by atoms with van der Waals surface area (Å²) < 4.78 is 0. The molecule has 24 heavy (non-hydrogen) atoms.